The quantitative estimate of drug-likeness (QED) is 0.672. The predicted octanol–water partition coefficient (Wildman–Crippen LogP) is 1.95. The molecule has 0 spiro atoms. The van der Waals surface area contributed by atoms with Gasteiger partial charge in [0.2, 0.25) is 0 Å². The van der Waals surface area contributed by atoms with Crippen molar-refractivity contribution in [2.75, 3.05) is 0 Å². The number of nitrogens with zero attached hydrogens (tertiary/aromatic N) is 2. The third-order valence-corrected chi connectivity index (χ3v) is 2.51. The number of allylic oxidation sites excluding steroid dienone is 2. The van der Waals surface area contributed by atoms with E-state index in [1.165, 1.54) is 5.57 Å². The van der Waals surface area contributed by atoms with Gasteiger partial charge in [-0.05, 0) is 26.7 Å². The fourth-order valence-corrected chi connectivity index (χ4v) is 1.48. The molecule has 76 valence electrons. The number of hydrogen-bond donors (Lipinski definition) is 0. The highest BCUT2D eigenvalue weighted by Gasteiger charge is 2.25. The van der Waals surface area contributed by atoms with Gasteiger partial charge in [0.15, 0.2) is 0 Å². The molecule has 1 aliphatic rings. The average molecular weight is 192 g/mol. The van der Waals surface area contributed by atoms with Gasteiger partial charge in [-0.3, -0.25) is 9.13 Å². The summed E-state index contributed by atoms with van der Waals surface area (Å²) in [5.74, 6) is 0. The van der Waals surface area contributed by atoms with E-state index in [2.05, 4.69) is 6.08 Å². The summed E-state index contributed by atoms with van der Waals surface area (Å²) in [6.07, 6.45) is 8.16. The van der Waals surface area contributed by atoms with Crippen molar-refractivity contribution >= 4 is 0 Å². The van der Waals surface area contributed by atoms with Gasteiger partial charge in [-0.2, -0.15) is 0 Å². The molecule has 3 nitrogen and oxygen atoms in total. The van der Waals surface area contributed by atoms with Crippen LogP contribution in [0.1, 0.15) is 32.7 Å². The van der Waals surface area contributed by atoms with Gasteiger partial charge in [0.25, 0.3) is 0 Å². The second-order valence-electron chi connectivity index (χ2n) is 4.15. The van der Waals surface area contributed by atoms with Gasteiger partial charge in [0.1, 0.15) is 0 Å². The third kappa shape index (κ3) is 1.81. The van der Waals surface area contributed by atoms with Gasteiger partial charge in [-0.15, -0.1) is 0 Å². The molecule has 0 atom stereocenters. The molecule has 0 aliphatic heterocycles. The first-order valence-corrected chi connectivity index (χ1v) is 5.09. The van der Waals surface area contributed by atoms with Crippen molar-refractivity contribution in [3.8, 4) is 0 Å². The lowest BCUT2D eigenvalue weighted by molar-refractivity contribution is 0.660. The standard InChI is InChI=1S/C11H16N2O/c1-9(2)5-6-12-7-8-13(11(12)14)10-3-4-10/h5,7-8,10H,3-4,6H2,1-2H3. The van der Waals surface area contributed by atoms with E-state index in [0.717, 1.165) is 12.8 Å². The van der Waals surface area contributed by atoms with Crippen molar-refractivity contribution in [3.05, 3.63) is 34.5 Å². The molecule has 1 aromatic heterocycles. The van der Waals surface area contributed by atoms with Gasteiger partial charge in [-0.1, -0.05) is 11.6 Å². The Hall–Kier alpha value is -1.25. The monoisotopic (exact) mass is 192 g/mol. The van der Waals surface area contributed by atoms with Crippen LogP contribution in [0.3, 0.4) is 0 Å². The van der Waals surface area contributed by atoms with Gasteiger partial charge in [-0.25, -0.2) is 4.79 Å². The summed E-state index contributed by atoms with van der Waals surface area (Å²) in [7, 11) is 0. The number of hydrogen-bond acceptors (Lipinski definition) is 1. The Kier molecular flexibility index (Phi) is 2.32. The summed E-state index contributed by atoms with van der Waals surface area (Å²) in [5.41, 5.74) is 1.38. The second-order valence-corrected chi connectivity index (χ2v) is 4.15. The minimum absolute atomic E-state index is 0.130. The van der Waals surface area contributed by atoms with Gasteiger partial charge in [0.05, 0.1) is 0 Å². The molecule has 14 heavy (non-hydrogen) atoms. The molecule has 3 heteroatoms. The third-order valence-electron chi connectivity index (χ3n) is 2.51. The minimum atomic E-state index is 0.130. The maximum absolute atomic E-state index is 11.8. The Morgan fingerprint density at radius 3 is 2.79 bits per heavy atom. The Bertz CT molecular complexity index is 403. The van der Waals surface area contributed by atoms with Crippen LogP contribution in [0.15, 0.2) is 28.8 Å². The lowest BCUT2D eigenvalue weighted by atomic mass is 10.3. The smallest absolute Gasteiger partial charge is 0.296 e. The first-order valence-electron chi connectivity index (χ1n) is 5.09. The fraction of sp³-hybridized carbons (Fsp3) is 0.545. The second kappa shape index (κ2) is 3.48. The zero-order chi connectivity index (χ0) is 10.1. The zero-order valence-electron chi connectivity index (χ0n) is 8.73. The molecular formula is C11H16N2O. The summed E-state index contributed by atoms with van der Waals surface area (Å²) >= 11 is 0. The fourth-order valence-electron chi connectivity index (χ4n) is 1.48. The van der Waals surface area contributed by atoms with E-state index in [-0.39, 0.29) is 5.69 Å². The van der Waals surface area contributed by atoms with Crippen LogP contribution < -0.4 is 5.69 Å². The maximum atomic E-state index is 11.8. The summed E-state index contributed by atoms with van der Waals surface area (Å²) < 4.78 is 3.60. The van der Waals surface area contributed by atoms with Gasteiger partial charge in [0, 0.05) is 25.0 Å². The molecule has 1 saturated carbocycles. The first-order chi connectivity index (χ1) is 6.68. The van der Waals surface area contributed by atoms with Crippen LogP contribution in [-0.4, -0.2) is 9.13 Å². The van der Waals surface area contributed by atoms with Crippen molar-refractivity contribution in [1.82, 2.24) is 9.13 Å². The molecular weight excluding hydrogens is 176 g/mol. The lowest BCUT2D eigenvalue weighted by Crippen LogP contribution is -2.22. The molecule has 1 heterocycles. The molecule has 1 aromatic rings. The number of imidazole rings is 1. The summed E-state index contributed by atoms with van der Waals surface area (Å²) in [6, 6.07) is 0.482. The van der Waals surface area contributed by atoms with Crippen molar-refractivity contribution in [1.29, 1.82) is 0 Å². The van der Waals surface area contributed by atoms with Crippen molar-refractivity contribution in [2.45, 2.75) is 39.3 Å². The summed E-state index contributed by atoms with van der Waals surface area (Å²) in [6.45, 7) is 4.78. The Morgan fingerprint density at radius 1 is 1.50 bits per heavy atom. The molecule has 1 aliphatic carbocycles. The number of rotatable bonds is 3. The molecule has 0 N–H and O–H groups in total. The molecule has 0 amide bonds. The van der Waals surface area contributed by atoms with Crippen LogP contribution in [0.5, 0.6) is 0 Å². The van der Waals surface area contributed by atoms with E-state index in [0.29, 0.717) is 12.6 Å². The topological polar surface area (TPSA) is 26.9 Å². The van der Waals surface area contributed by atoms with Crippen LogP contribution in [0.2, 0.25) is 0 Å². The summed E-state index contributed by atoms with van der Waals surface area (Å²) in [5, 5.41) is 0. The average Bonchev–Trinajstić information content (AvgIpc) is 2.89. The number of aromatic nitrogens is 2. The highest BCUT2D eigenvalue weighted by atomic mass is 16.1. The van der Waals surface area contributed by atoms with Crippen LogP contribution in [0, 0.1) is 0 Å². The molecule has 0 radical (unpaired) electrons. The zero-order valence-corrected chi connectivity index (χ0v) is 8.73. The molecule has 0 unspecified atom stereocenters. The van der Waals surface area contributed by atoms with Crippen LogP contribution >= 0.6 is 0 Å². The summed E-state index contributed by atoms with van der Waals surface area (Å²) in [4.78, 5) is 11.8. The van der Waals surface area contributed by atoms with Crippen molar-refractivity contribution in [3.63, 3.8) is 0 Å². The van der Waals surface area contributed by atoms with Gasteiger partial charge >= 0.3 is 5.69 Å². The molecule has 1 fully saturated rings. The predicted molar refractivity (Wildman–Crippen MR) is 56.4 cm³/mol. The van der Waals surface area contributed by atoms with E-state index >= 15 is 0 Å². The van der Waals surface area contributed by atoms with Crippen molar-refractivity contribution < 1.29 is 0 Å². The Labute approximate surface area is 83.7 Å². The SMILES string of the molecule is CC(C)=CCn1ccn(C2CC2)c1=O. The minimum Gasteiger partial charge on any atom is -0.296 e. The van der Waals surface area contributed by atoms with E-state index in [4.69, 9.17) is 0 Å². The van der Waals surface area contributed by atoms with Crippen molar-refractivity contribution in [2.24, 2.45) is 0 Å². The molecule has 2 rings (SSSR count). The van der Waals surface area contributed by atoms with Crippen LogP contribution in [0.4, 0.5) is 0 Å². The molecule has 0 aromatic carbocycles. The largest absolute Gasteiger partial charge is 0.328 e. The lowest BCUT2D eigenvalue weighted by Gasteiger charge is -1.97. The Balaban J connectivity index is 2.18. The molecule has 0 bridgehead atoms. The maximum Gasteiger partial charge on any atom is 0.328 e. The van der Waals surface area contributed by atoms with E-state index < -0.39 is 0 Å². The first kappa shape index (κ1) is 9.31. The van der Waals surface area contributed by atoms with Crippen LogP contribution in [-0.2, 0) is 6.54 Å². The highest BCUT2D eigenvalue weighted by Crippen LogP contribution is 2.33. The van der Waals surface area contributed by atoms with Crippen LogP contribution in [0.25, 0.3) is 0 Å². The van der Waals surface area contributed by atoms with E-state index in [1.807, 2.05) is 30.8 Å². The van der Waals surface area contributed by atoms with E-state index in [1.54, 1.807) is 4.57 Å². The van der Waals surface area contributed by atoms with Gasteiger partial charge < -0.3 is 0 Å². The Morgan fingerprint density at radius 2 is 2.21 bits per heavy atom. The highest BCUT2D eigenvalue weighted by molar-refractivity contribution is 4.96. The van der Waals surface area contributed by atoms with E-state index in [9.17, 15) is 4.79 Å². The molecule has 0 saturated heterocycles. The normalized spacial score (nSPS) is 15.6.